The molecule has 1 saturated heterocycles. The Labute approximate surface area is 86.8 Å². The van der Waals surface area contributed by atoms with Crippen molar-refractivity contribution < 1.29 is 29.3 Å². The smallest absolute Gasteiger partial charge is 0.375 e. The van der Waals surface area contributed by atoms with E-state index in [1.807, 2.05) is 0 Å². The third kappa shape index (κ3) is 3.85. The van der Waals surface area contributed by atoms with E-state index in [0.717, 1.165) is 0 Å². The fraction of sp³-hybridized carbons (Fsp3) is 0.778. The van der Waals surface area contributed by atoms with Gasteiger partial charge in [0.1, 0.15) is 0 Å². The predicted molar refractivity (Wildman–Crippen MR) is 47.3 cm³/mol. The first-order valence-electron chi connectivity index (χ1n) is 4.83. The van der Waals surface area contributed by atoms with Crippen LogP contribution in [0.15, 0.2) is 0 Å². The minimum absolute atomic E-state index is 0.129. The number of aliphatic hydroxyl groups excluding tert-OH is 1. The van der Waals surface area contributed by atoms with E-state index in [-0.39, 0.29) is 19.3 Å². The molecule has 0 unspecified atom stereocenters. The van der Waals surface area contributed by atoms with E-state index in [2.05, 4.69) is 9.47 Å². The Hall–Kier alpha value is -1.14. The summed E-state index contributed by atoms with van der Waals surface area (Å²) in [7, 11) is 0. The minimum atomic E-state index is -2.31. The molecule has 6 nitrogen and oxygen atoms in total. The molecule has 0 aromatic heterocycles. The molecule has 1 aliphatic heterocycles. The van der Waals surface area contributed by atoms with Crippen LogP contribution in [0.1, 0.15) is 32.1 Å². The average Bonchev–Trinajstić information content (AvgIpc) is 2.16. The number of ether oxygens (including phenoxy) is 2. The van der Waals surface area contributed by atoms with Gasteiger partial charge < -0.3 is 19.7 Å². The number of hydrogen-bond donors (Lipinski definition) is 2. The zero-order chi connectivity index (χ0) is 11.3. The Bertz CT molecular complexity index is 229. The zero-order valence-corrected chi connectivity index (χ0v) is 8.27. The van der Waals surface area contributed by atoms with Gasteiger partial charge >= 0.3 is 17.9 Å². The normalized spacial score (nSPS) is 22.0. The molecule has 1 fully saturated rings. The van der Waals surface area contributed by atoms with Crippen molar-refractivity contribution in [2.75, 3.05) is 6.61 Å². The summed E-state index contributed by atoms with van der Waals surface area (Å²) in [6.45, 7) is -0.447. The van der Waals surface area contributed by atoms with Crippen LogP contribution in [-0.4, -0.2) is 34.7 Å². The highest BCUT2D eigenvalue weighted by Crippen LogP contribution is 2.19. The molecule has 0 spiro atoms. The monoisotopic (exact) mass is 218 g/mol. The molecule has 86 valence electrons. The zero-order valence-electron chi connectivity index (χ0n) is 8.27. The van der Waals surface area contributed by atoms with Crippen molar-refractivity contribution in [2.45, 2.75) is 38.1 Å². The molecule has 1 rings (SSSR count). The van der Waals surface area contributed by atoms with Gasteiger partial charge in [-0.25, -0.2) is 0 Å². The molecule has 6 heteroatoms. The number of esters is 2. The fourth-order valence-corrected chi connectivity index (χ4v) is 1.26. The van der Waals surface area contributed by atoms with Gasteiger partial charge in [-0.1, -0.05) is 0 Å². The molecular weight excluding hydrogens is 204 g/mol. The maximum Gasteiger partial charge on any atom is 0.375 e. The minimum Gasteiger partial charge on any atom is -0.398 e. The molecule has 0 aromatic carbocycles. The van der Waals surface area contributed by atoms with E-state index in [9.17, 15) is 14.7 Å². The summed E-state index contributed by atoms with van der Waals surface area (Å²) < 4.78 is 9.17. The first-order valence-corrected chi connectivity index (χ1v) is 4.83. The number of rotatable bonds is 2. The van der Waals surface area contributed by atoms with Gasteiger partial charge in [0.05, 0.1) is 13.0 Å². The number of cyclic esters (lactones) is 2. The molecule has 2 N–H and O–H groups in total. The van der Waals surface area contributed by atoms with Crippen LogP contribution in [0.25, 0.3) is 0 Å². The van der Waals surface area contributed by atoms with E-state index in [1.54, 1.807) is 0 Å². The lowest BCUT2D eigenvalue weighted by molar-refractivity contribution is -0.329. The summed E-state index contributed by atoms with van der Waals surface area (Å²) in [5.74, 6) is -3.59. The predicted octanol–water partition coefficient (Wildman–Crippen LogP) is -0.325. The Morgan fingerprint density at radius 3 is 2.00 bits per heavy atom. The summed E-state index contributed by atoms with van der Waals surface area (Å²) in [5.41, 5.74) is 0. The lowest BCUT2D eigenvalue weighted by Gasteiger charge is -2.25. The molecule has 0 bridgehead atoms. The van der Waals surface area contributed by atoms with Crippen LogP contribution >= 0.6 is 0 Å². The van der Waals surface area contributed by atoms with E-state index in [0.29, 0.717) is 12.8 Å². The van der Waals surface area contributed by atoms with Crippen molar-refractivity contribution in [2.24, 2.45) is 0 Å². The first kappa shape index (κ1) is 11.9. The maximum atomic E-state index is 11.1. The molecule has 0 aromatic rings. The lowest BCUT2D eigenvalue weighted by atomic mass is 10.2. The van der Waals surface area contributed by atoms with E-state index >= 15 is 0 Å². The highest BCUT2D eigenvalue weighted by Gasteiger charge is 2.36. The standard InChI is InChI=1S/C9H14O6/c10-6-5-9(13)14-7(11)3-1-2-4-8(12)15-9/h10,13H,1-6H2. The van der Waals surface area contributed by atoms with Crippen LogP contribution < -0.4 is 0 Å². The molecule has 0 atom stereocenters. The Morgan fingerprint density at radius 2 is 1.60 bits per heavy atom. The van der Waals surface area contributed by atoms with Gasteiger partial charge in [0.25, 0.3) is 0 Å². The molecule has 1 aliphatic rings. The van der Waals surface area contributed by atoms with Crippen LogP contribution in [0.5, 0.6) is 0 Å². The van der Waals surface area contributed by atoms with Gasteiger partial charge in [0, 0.05) is 12.8 Å². The largest absolute Gasteiger partial charge is 0.398 e. The summed E-state index contributed by atoms with van der Waals surface area (Å²) in [6.07, 6.45) is 0.950. The van der Waals surface area contributed by atoms with Gasteiger partial charge in [-0.15, -0.1) is 0 Å². The topological polar surface area (TPSA) is 93.1 Å². The van der Waals surface area contributed by atoms with Crippen LogP contribution in [0.3, 0.4) is 0 Å². The number of hydrogen-bond acceptors (Lipinski definition) is 6. The highest BCUT2D eigenvalue weighted by atomic mass is 16.8. The van der Waals surface area contributed by atoms with Crippen LogP contribution in [0.4, 0.5) is 0 Å². The van der Waals surface area contributed by atoms with Crippen molar-refractivity contribution in [3.8, 4) is 0 Å². The van der Waals surface area contributed by atoms with Gasteiger partial charge in [-0.05, 0) is 12.8 Å². The van der Waals surface area contributed by atoms with E-state index in [1.165, 1.54) is 0 Å². The molecule has 0 radical (unpaired) electrons. The summed E-state index contributed by atoms with van der Waals surface area (Å²) in [5, 5.41) is 18.2. The molecule has 1 heterocycles. The van der Waals surface area contributed by atoms with Crippen LogP contribution in [-0.2, 0) is 19.1 Å². The van der Waals surface area contributed by atoms with Crippen molar-refractivity contribution in [1.82, 2.24) is 0 Å². The summed E-state index contributed by atoms with van der Waals surface area (Å²) >= 11 is 0. The summed E-state index contributed by atoms with van der Waals surface area (Å²) in [4.78, 5) is 22.3. The first-order chi connectivity index (χ1) is 7.06. The summed E-state index contributed by atoms with van der Waals surface area (Å²) in [6, 6.07) is 0. The molecule has 0 aliphatic carbocycles. The lowest BCUT2D eigenvalue weighted by Crippen LogP contribution is -2.40. The maximum absolute atomic E-state index is 11.1. The average molecular weight is 218 g/mol. The Morgan fingerprint density at radius 1 is 1.13 bits per heavy atom. The van der Waals surface area contributed by atoms with Crippen LogP contribution in [0.2, 0.25) is 0 Å². The molecular formula is C9H14O6. The van der Waals surface area contributed by atoms with Crippen molar-refractivity contribution in [1.29, 1.82) is 0 Å². The number of aliphatic hydroxyl groups is 2. The van der Waals surface area contributed by atoms with Crippen molar-refractivity contribution in [3.05, 3.63) is 0 Å². The molecule has 0 saturated carbocycles. The van der Waals surface area contributed by atoms with Gasteiger partial charge in [0.15, 0.2) is 0 Å². The molecule has 15 heavy (non-hydrogen) atoms. The SMILES string of the molecule is O=C1CCCCC(=O)OC(O)(CCO)O1. The molecule has 0 amide bonds. The fourth-order valence-electron chi connectivity index (χ4n) is 1.26. The van der Waals surface area contributed by atoms with Gasteiger partial charge in [-0.3, -0.25) is 9.59 Å². The Balaban J connectivity index is 2.71. The third-order valence-electron chi connectivity index (χ3n) is 1.99. The van der Waals surface area contributed by atoms with Gasteiger partial charge in [-0.2, -0.15) is 0 Å². The second-order valence-electron chi connectivity index (χ2n) is 3.34. The van der Waals surface area contributed by atoms with Crippen molar-refractivity contribution >= 4 is 11.9 Å². The second kappa shape index (κ2) is 5.09. The van der Waals surface area contributed by atoms with E-state index < -0.39 is 24.5 Å². The second-order valence-corrected chi connectivity index (χ2v) is 3.34. The third-order valence-corrected chi connectivity index (χ3v) is 1.99. The quantitative estimate of drug-likeness (QED) is 0.617. The van der Waals surface area contributed by atoms with E-state index in [4.69, 9.17) is 5.11 Å². The van der Waals surface area contributed by atoms with Gasteiger partial charge in [0.2, 0.25) is 0 Å². The van der Waals surface area contributed by atoms with Crippen LogP contribution in [0, 0.1) is 0 Å². The number of carbonyl (C=O) groups excluding carboxylic acids is 2. The highest BCUT2D eigenvalue weighted by molar-refractivity contribution is 5.72. The number of carbonyl (C=O) groups is 2. The van der Waals surface area contributed by atoms with Crippen molar-refractivity contribution in [3.63, 3.8) is 0 Å². The Kier molecular flexibility index (Phi) is 4.05.